The fourth-order valence-corrected chi connectivity index (χ4v) is 3.99. The predicted molar refractivity (Wildman–Crippen MR) is 106 cm³/mol. The molecule has 0 aliphatic carbocycles. The van der Waals surface area contributed by atoms with Crippen molar-refractivity contribution in [3.05, 3.63) is 68.7 Å². The van der Waals surface area contributed by atoms with Gasteiger partial charge in [0.15, 0.2) is 12.0 Å². The second-order valence-electron chi connectivity index (χ2n) is 5.53. The lowest BCUT2D eigenvalue weighted by Crippen LogP contribution is -2.30. The molecule has 27 heavy (non-hydrogen) atoms. The Morgan fingerprint density at radius 1 is 1.19 bits per heavy atom. The summed E-state index contributed by atoms with van der Waals surface area (Å²) in [6, 6.07) is 11.8. The summed E-state index contributed by atoms with van der Waals surface area (Å²) in [7, 11) is 0. The van der Waals surface area contributed by atoms with E-state index in [0.29, 0.717) is 17.5 Å². The number of para-hydroxylation sites is 1. The number of ether oxygens (including phenoxy) is 1. The first-order valence-corrected chi connectivity index (χ1v) is 10.2. The van der Waals surface area contributed by atoms with Crippen LogP contribution >= 0.6 is 23.1 Å². The molecule has 2 aromatic heterocycles. The molecule has 1 N–H and O–H groups in total. The lowest BCUT2D eigenvalue weighted by atomic mass is 10.2. The van der Waals surface area contributed by atoms with Crippen molar-refractivity contribution in [3.63, 3.8) is 0 Å². The van der Waals surface area contributed by atoms with Crippen LogP contribution < -0.4 is 10.7 Å². The monoisotopic (exact) mass is 403 g/mol. The van der Waals surface area contributed by atoms with Gasteiger partial charge in [0.05, 0.1) is 5.39 Å². The van der Waals surface area contributed by atoms with Gasteiger partial charge < -0.3 is 14.5 Å². The average Bonchev–Trinajstić information content (AvgIpc) is 3.19. The quantitative estimate of drug-likeness (QED) is 0.460. The number of thiophene rings is 1. The Morgan fingerprint density at radius 2 is 2.04 bits per heavy atom. The summed E-state index contributed by atoms with van der Waals surface area (Å²) >= 11 is 3.42. The highest BCUT2D eigenvalue weighted by Crippen LogP contribution is 2.16. The molecule has 0 unspecified atom stereocenters. The van der Waals surface area contributed by atoms with Gasteiger partial charge >= 0.3 is 5.97 Å². The SMILES string of the molecule is O=C(COC(=O)c1cc(=O)c2ccccc2o1)NCCSCc1cccs1. The molecular formula is C19H17NO5S2. The number of benzene rings is 1. The lowest BCUT2D eigenvalue weighted by molar-refractivity contribution is -0.124. The minimum Gasteiger partial charge on any atom is -0.450 e. The second-order valence-corrected chi connectivity index (χ2v) is 7.67. The standard InChI is InChI=1S/C19H17NO5S2/c21-15-10-17(25-16-6-2-1-5-14(15)16)19(23)24-11-18(22)20-7-9-26-12-13-4-3-8-27-13/h1-6,8,10H,7,9,11-12H2,(H,20,22). The van der Waals surface area contributed by atoms with E-state index < -0.39 is 18.5 Å². The van der Waals surface area contributed by atoms with Crippen LogP contribution in [-0.4, -0.2) is 30.8 Å². The first-order chi connectivity index (χ1) is 13.1. The molecule has 0 spiro atoms. The Hall–Kier alpha value is -2.58. The van der Waals surface area contributed by atoms with Crippen LogP contribution in [0.5, 0.6) is 0 Å². The van der Waals surface area contributed by atoms with Gasteiger partial charge in [0.1, 0.15) is 5.58 Å². The molecule has 0 aliphatic rings. The van der Waals surface area contributed by atoms with Crippen molar-refractivity contribution in [2.24, 2.45) is 0 Å². The van der Waals surface area contributed by atoms with E-state index in [2.05, 4.69) is 11.4 Å². The minimum absolute atomic E-state index is 0.224. The van der Waals surface area contributed by atoms with Gasteiger partial charge in [-0.3, -0.25) is 9.59 Å². The van der Waals surface area contributed by atoms with Crippen molar-refractivity contribution in [1.29, 1.82) is 0 Å². The number of carbonyl (C=O) groups is 2. The molecule has 0 saturated heterocycles. The van der Waals surface area contributed by atoms with E-state index in [1.54, 1.807) is 47.4 Å². The number of thioether (sulfide) groups is 1. The smallest absolute Gasteiger partial charge is 0.374 e. The van der Waals surface area contributed by atoms with Gasteiger partial charge in [-0.15, -0.1) is 11.3 Å². The van der Waals surface area contributed by atoms with Crippen LogP contribution in [0.25, 0.3) is 11.0 Å². The topological polar surface area (TPSA) is 85.6 Å². The maximum Gasteiger partial charge on any atom is 0.374 e. The first-order valence-electron chi connectivity index (χ1n) is 8.20. The van der Waals surface area contributed by atoms with Crippen LogP contribution in [0.2, 0.25) is 0 Å². The normalized spacial score (nSPS) is 10.7. The third kappa shape index (κ3) is 5.45. The Bertz CT molecular complexity index is 981. The largest absolute Gasteiger partial charge is 0.450 e. The zero-order valence-electron chi connectivity index (χ0n) is 14.3. The summed E-state index contributed by atoms with van der Waals surface area (Å²) < 4.78 is 10.3. The summed E-state index contributed by atoms with van der Waals surface area (Å²) in [6.45, 7) is 0.0580. The summed E-state index contributed by atoms with van der Waals surface area (Å²) in [5, 5.41) is 5.10. The highest BCUT2D eigenvalue weighted by Gasteiger charge is 2.15. The minimum atomic E-state index is -0.847. The van der Waals surface area contributed by atoms with Crippen molar-refractivity contribution >= 4 is 45.9 Å². The Morgan fingerprint density at radius 3 is 2.85 bits per heavy atom. The molecule has 3 rings (SSSR count). The van der Waals surface area contributed by atoms with Crippen LogP contribution in [0.1, 0.15) is 15.4 Å². The Balaban J connectivity index is 1.42. The summed E-state index contributed by atoms with van der Waals surface area (Å²) in [5.74, 6) is 0.196. The molecule has 0 aliphatic heterocycles. The van der Waals surface area contributed by atoms with Gasteiger partial charge in [-0.05, 0) is 23.6 Å². The summed E-state index contributed by atoms with van der Waals surface area (Å²) in [6.07, 6.45) is 0. The molecule has 2 heterocycles. The number of hydrogen-bond donors (Lipinski definition) is 1. The van der Waals surface area contributed by atoms with Crippen molar-refractivity contribution in [3.8, 4) is 0 Å². The number of fused-ring (bicyclic) bond motifs is 1. The van der Waals surface area contributed by atoms with Gasteiger partial charge in [0, 0.05) is 29.0 Å². The van der Waals surface area contributed by atoms with Crippen LogP contribution in [-0.2, 0) is 15.3 Å². The summed E-state index contributed by atoms with van der Waals surface area (Å²) in [5.41, 5.74) is -0.0415. The number of carbonyl (C=O) groups excluding carboxylic acids is 2. The van der Waals surface area contributed by atoms with E-state index in [9.17, 15) is 14.4 Å². The van der Waals surface area contributed by atoms with Crippen molar-refractivity contribution < 1.29 is 18.7 Å². The van der Waals surface area contributed by atoms with Crippen molar-refractivity contribution in [1.82, 2.24) is 5.32 Å². The zero-order chi connectivity index (χ0) is 19.1. The number of amides is 1. The highest BCUT2D eigenvalue weighted by atomic mass is 32.2. The van der Waals surface area contributed by atoms with Gasteiger partial charge in [-0.25, -0.2) is 4.79 Å². The van der Waals surface area contributed by atoms with Gasteiger partial charge in [-0.2, -0.15) is 11.8 Å². The van der Waals surface area contributed by atoms with Crippen LogP contribution in [0.15, 0.2) is 57.1 Å². The predicted octanol–water partition coefficient (Wildman–Crippen LogP) is 3.06. The molecule has 0 bridgehead atoms. The molecule has 8 heteroatoms. The molecule has 1 amide bonds. The van der Waals surface area contributed by atoms with Crippen molar-refractivity contribution in [2.45, 2.75) is 5.75 Å². The average molecular weight is 403 g/mol. The fraction of sp³-hybridized carbons (Fsp3) is 0.211. The Labute approximate surface area is 163 Å². The van der Waals surface area contributed by atoms with Gasteiger partial charge in [0.25, 0.3) is 5.91 Å². The van der Waals surface area contributed by atoms with Gasteiger partial charge in [0.2, 0.25) is 5.76 Å². The van der Waals surface area contributed by atoms with E-state index in [4.69, 9.17) is 9.15 Å². The molecular weight excluding hydrogens is 386 g/mol. The molecule has 0 fully saturated rings. The molecule has 6 nitrogen and oxygen atoms in total. The molecule has 0 atom stereocenters. The summed E-state index contributed by atoms with van der Waals surface area (Å²) in [4.78, 5) is 37.0. The third-order valence-corrected chi connectivity index (χ3v) is 5.63. The zero-order valence-corrected chi connectivity index (χ0v) is 15.9. The van der Waals surface area contributed by atoms with E-state index in [1.807, 2.05) is 11.4 Å². The number of esters is 1. The van der Waals surface area contributed by atoms with E-state index >= 15 is 0 Å². The fourth-order valence-electron chi connectivity index (χ4n) is 2.29. The molecule has 0 radical (unpaired) electrons. The van der Waals surface area contributed by atoms with E-state index in [0.717, 1.165) is 17.6 Å². The second kappa shape index (κ2) is 9.38. The van der Waals surface area contributed by atoms with E-state index in [-0.39, 0.29) is 11.2 Å². The maximum absolute atomic E-state index is 12.0. The highest BCUT2D eigenvalue weighted by molar-refractivity contribution is 7.98. The third-order valence-electron chi connectivity index (χ3n) is 3.56. The molecule has 3 aromatic rings. The first kappa shape index (κ1) is 19.2. The van der Waals surface area contributed by atoms with Crippen LogP contribution in [0.3, 0.4) is 0 Å². The number of rotatable bonds is 8. The molecule has 0 saturated carbocycles. The van der Waals surface area contributed by atoms with Gasteiger partial charge in [-0.1, -0.05) is 18.2 Å². The number of nitrogens with one attached hydrogen (secondary N) is 1. The number of hydrogen-bond acceptors (Lipinski definition) is 7. The van der Waals surface area contributed by atoms with E-state index in [1.165, 1.54) is 4.88 Å². The lowest BCUT2D eigenvalue weighted by Gasteiger charge is -2.06. The molecule has 140 valence electrons. The molecule has 1 aromatic carbocycles. The van der Waals surface area contributed by atoms with Crippen molar-refractivity contribution in [2.75, 3.05) is 18.9 Å². The maximum atomic E-state index is 12.0. The Kier molecular flexibility index (Phi) is 6.67. The van der Waals surface area contributed by atoms with Crippen LogP contribution in [0.4, 0.5) is 0 Å². The van der Waals surface area contributed by atoms with Crippen LogP contribution in [0, 0.1) is 0 Å².